The first-order chi connectivity index (χ1) is 11.6. The lowest BCUT2D eigenvalue weighted by Gasteiger charge is -2.07. The summed E-state index contributed by atoms with van der Waals surface area (Å²) in [7, 11) is 0. The van der Waals surface area contributed by atoms with E-state index in [2.05, 4.69) is 15.5 Å². The Morgan fingerprint density at radius 1 is 1.25 bits per heavy atom. The van der Waals surface area contributed by atoms with Crippen LogP contribution in [-0.4, -0.2) is 21.2 Å². The maximum atomic E-state index is 13.3. The van der Waals surface area contributed by atoms with Gasteiger partial charge in [-0.05, 0) is 29.8 Å². The molecule has 122 valence electrons. The predicted molar refractivity (Wildman–Crippen MR) is 85.9 cm³/mol. The highest BCUT2D eigenvalue weighted by molar-refractivity contribution is 5.95. The molecule has 24 heavy (non-hydrogen) atoms. The molecule has 3 aromatic rings. The van der Waals surface area contributed by atoms with Crippen LogP contribution in [0.5, 0.6) is 0 Å². The van der Waals surface area contributed by atoms with Crippen molar-refractivity contribution in [2.24, 2.45) is 0 Å². The molecule has 0 unspecified atom stereocenters. The summed E-state index contributed by atoms with van der Waals surface area (Å²) < 4.78 is 13.3. The molecule has 0 bridgehead atoms. The van der Waals surface area contributed by atoms with Gasteiger partial charge in [-0.2, -0.15) is 5.10 Å². The zero-order chi connectivity index (χ0) is 17.1. The second kappa shape index (κ2) is 6.59. The number of nitrogens with zero attached hydrogens (tertiary/aromatic N) is 1. The van der Waals surface area contributed by atoms with E-state index >= 15 is 0 Å². The van der Waals surface area contributed by atoms with Crippen LogP contribution in [0.2, 0.25) is 0 Å². The fraction of sp³-hybridized carbons (Fsp3) is 0.118. The number of para-hydroxylation sites is 1. The van der Waals surface area contributed by atoms with Crippen LogP contribution >= 0.6 is 0 Å². The van der Waals surface area contributed by atoms with E-state index in [0.29, 0.717) is 16.5 Å². The van der Waals surface area contributed by atoms with E-state index in [9.17, 15) is 14.0 Å². The van der Waals surface area contributed by atoms with E-state index < -0.39 is 23.8 Å². The minimum atomic E-state index is -0.628. The van der Waals surface area contributed by atoms with Gasteiger partial charge in [0.25, 0.3) is 5.91 Å². The molecular formula is C17H14FN3O3. The van der Waals surface area contributed by atoms with E-state index in [-0.39, 0.29) is 17.8 Å². The van der Waals surface area contributed by atoms with E-state index in [1.54, 1.807) is 24.3 Å². The van der Waals surface area contributed by atoms with Gasteiger partial charge in [-0.25, -0.2) is 4.39 Å². The van der Waals surface area contributed by atoms with Crippen molar-refractivity contribution in [1.82, 2.24) is 15.5 Å². The van der Waals surface area contributed by atoms with Crippen molar-refractivity contribution in [3.63, 3.8) is 0 Å². The normalized spacial score (nSPS) is 10.8. The van der Waals surface area contributed by atoms with Gasteiger partial charge in [-0.3, -0.25) is 14.7 Å². The molecular weight excluding hydrogens is 313 g/mol. The van der Waals surface area contributed by atoms with Crippen LogP contribution in [0.4, 0.5) is 4.39 Å². The lowest BCUT2D eigenvalue weighted by atomic mass is 10.1. The molecule has 0 fully saturated rings. The quantitative estimate of drug-likeness (QED) is 0.676. The number of aliphatic hydroxyl groups excluding tert-OH is 1. The molecule has 1 amide bonds. The highest BCUT2D eigenvalue weighted by Crippen LogP contribution is 2.11. The number of rotatable bonds is 4. The predicted octanol–water partition coefficient (Wildman–Crippen LogP) is 1.48. The Bertz CT molecular complexity index is 969. The van der Waals surface area contributed by atoms with Crippen molar-refractivity contribution in [3.8, 4) is 0 Å². The average molecular weight is 327 g/mol. The summed E-state index contributed by atoms with van der Waals surface area (Å²) in [5.74, 6) is -1.14. The van der Waals surface area contributed by atoms with E-state index in [1.807, 2.05) is 0 Å². The number of benzene rings is 2. The molecule has 0 aliphatic rings. The van der Waals surface area contributed by atoms with Gasteiger partial charge in [0.15, 0.2) is 5.69 Å². The van der Waals surface area contributed by atoms with Crippen molar-refractivity contribution in [1.29, 1.82) is 0 Å². The summed E-state index contributed by atoms with van der Waals surface area (Å²) in [5.41, 5.74) is 0.592. The first-order valence-electron chi connectivity index (χ1n) is 7.24. The number of halogens is 1. The number of nitrogens with one attached hydrogen (secondary N) is 2. The fourth-order valence-electron chi connectivity index (χ4n) is 2.35. The maximum absolute atomic E-state index is 13.3. The van der Waals surface area contributed by atoms with Gasteiger partial charge in [0.2, 0.25) is 5.43 Å². The molecule has 1 aromatic heterocycles. The summed E-state index contributed by atoms with van der Waals surface area (Å²) in [6.45, 7) is -0.348. The second-order valence-electron chi connectivity index (χ2n) is 5.21. The number of aromatic nitrogens is 2. The summed E-state index contributed by atoms with van der Waals surface area (Å²) in [6.07, 6.45) is 0. The average Bonchev–Trinajstić information content (AvgIpc) is 2.61. The van der Waals surface area contributed by atoms with Crippen LogP contribution < -0.4 is 10.7 Å². The third-order valence-electron chi connectivity index (χ3n) is 3.62. The third kappa shape index (κ3) is 3.02. The van der Waals surface area contributed by atoms with Gasteiger partial charge in [-0.1, -0.05) is 18.2 Å². The zero-order valence-electron chi connectivity index (χ0n) is 12.5. The molecule has 2 aromatic carbocycles. The standard InChI is InChI=1S/C17H14FN3O3/c18-13-6-5-10(7-11(13)9-22)8-19-17(24)15-16(23)12-3-1-2-4-14(12)20-21-15/h1-7,22H,8-9H2,(H,19,24)(H,20,23). The molecule has 1 heterocycles. The molecule has 6 nitrogen and oxygen atoms in total. The zero-order valence-corrected chi connectivity index (χ0v) is 12.5. The topological polar surface area (TPSA) is 95.1 Å². The number of aliphatic hydroxyl groups is 1. The van der Waals surface area contributed by atoms with Crippen molar-refractivity contribution < 1.29 is 14.3 Å². The van der Waals surface area contributed by atoms with Gasteiger partial charge in [-0.15, -0.1) is 0 Å². The van der Waals surface area contributed by atoms with Crippen molar-refractivity contribution in [2.75, 3.05) is 0 Å². The second-order valence-corrected chi connectivity index (χ2v) is 5.21. The van der Waals surface area contributed by atoms with Gasteiger partial charge in [0, 0.05) is 17.5 Å². The van der Waals surface area contributed by atoms with E-state index in [1.165, 1.54) is 18.2 Å². The molecule has 0 aliphatic carbocycles. The lowest BCUT2D eigenvalue weighted by molar-refractivity contribution is 0.0944. The Morgan fingerprint density at radius 3 is 2.83 bits per heavy atom. The highest BCUT2D eigenvalue weighted by atomic mass is 19.1. The molecule has 0 radical (unpaired) electrons. The van der Waals surface area contributed by atoms with Crippen LogP contribution in [-0.2, 0) is 13.2 Å². The number of H-pyrrole nitrogens is 1. The summed E-state index contributed by atoms with van der Waals surface area (Å²) >= 11 is 0. The maximum Gasteiger partial charge on any atom is 0.276 e. The van der Waals surface area contributed by atoms with Crippen molar-refractivity contribution in [2.45, 2.75) is 13.2 Å². The summed E-state index contributed by atoms with van der Waals surface area (Å²) in [4.78, 5) is 24.5. The number of carbonyl (C=O) groups is 1. The molecule has 0 saturated carbocycles. The first kappa shape index (κ1) is 15.8. The third-order valence-corrected chi connectivity index (χ3v) is 3.62. The van der Waals surface area contributed by atoms with E-state index in [4.69, 9.17) is 5.11 Å². The van der Waals surface area contributed by atoms with Crippen LogP contribution in [0, 0.1) is 5.82 Å². The largest absolute Gasteiger partial charge is 0.392 e. The molecule has 0 saturated heterocycles. The minimum Gasteiger partial charge on any atom is -0.392 e. The van der Waals surface area contributed by atoms with Crippen LogP contribution in [0.25, 0.3) is 10.9 Å². The van der Waals surface area contributed by atoms with E-state index in [0.717, 1.165) is 0 Å². The Labute approximate surface area is 136 Å². The number of amides is 1. The highest BCUT2D eigenvalue weighted by Gasteiger charge is 2.14. The molecule has 0 spiro atoms. The monoisotopic (exact) mass is 327 g/mol. The first-order valence-corrected chi connectivity index (χ1v) is 7.24. The Kier molecular flexibility index (Phi) is 4.35. The van der Waals surface area contributed by atoms with Crippen molar-refractivity contribution in [3.05, 3.63) is 75.3 Å². The number of carbonyl (C=O) groups excluding carboxylic acids is 1. The minimum absolute atomic E-state index is 0.0834. The van der Waals surface area contributed by atoms with Crippen LogP contribution in [0.3, 0.4) is 0 Å². The Hall–Kier alpha value is -3.06. The van der Waals surface area contributed by atoms with Crippen LogP contribution in [0.1, 0.15) is 21.6 Å². The summed E-state index contributed by atoms with van der Waals surface area (Å²) in [5, 5.41) is 18.5. The van der Waals surface area contributed by atoms with Crippen LogP contribution in [0.15, 0.2) is 47.3 Å². The van der Waals surface area contributed by atoms with Crippen molar-refractivity contribution >= 4 is 16.8 Å². The van der Waals surface area contributed by atoms with Gasteiger partial charge >= 0.3 is 0 Å². The fourth-order valence-corrected chi connectivity index (χ4v) is 2.35. The molecule has 7 heteroatoms. The van der Waals surface area contributed by atoms with Gasteiger partial charge in [0.05, 0.1) is 12.1 Å². The molecule has 0 atom stereocenters. The molecule has 0 aliphatic heterocycles. The number of fused-ring (bicyclic) bond motifs is 1. The summed E-state index contributed by atoms with van der Waals surface area (Å²) in [6, 6.07) is 10.9. The number of hydrogen-bond acceptors (Lipinski definition) is 4. The number of hydrogen-bond donors (Lipinski definition) is 3. The smallest absolute Gasteiger partial charge is 0.276 e. The SMILES string of the molecule is O=C(NCc1ccc(F)c(CO)c1)c1n[nH]c2ccccc2c1=O. The Morgan fingerprint density at radius 2 is 2.04 bits per heavy atom. The molecule has 3 rings (SSSR count). The lowest BCUT2D eigenvalue weighted by Crippen LogP contribution is -2.30. The molecule has 3 N–H and O–H groups in total. The van der Waals surface area contributed by atoms with Gasteiger partial charge in [0.1, 0.15) is 5.82 Å². The van der Waals surface area contributed by atoms with Gasteiger partial charge < -0.3 is 10.4 Å². The number of aromatic amines is 1. The Balaban J connectivity index is 1.81.